The van der Waals surface area contributed by atoms with E-state index < -0.39 is 0 Å². The Morgan fingerprint density at radius 2 is 1.82 bits per heavy atom. The number of H-pyrrole nitrogens is 1. The van der Waals surface area contributed by atoms with E-state index >= 15 is 0 Å². The monoisotopic (exact) mass is 468 g/mol. The fourth-order valence-electron chi connectivity index (χ4n) is 5.33. The zero-order valence-electron chi connectivity index (χ0n) is 20.8. The number of rotatable bonds is 8. The fourth-order valence-corrected chi connectivity index (χ4v) is 5.33. The van der Waals surface area contributed by atoms with Crippen LogP contribution in [0.5, 0.6) is 5.75 Å². The summed E-state index contributed by atoms with van der Waals surface area (Å²) in [5, 5.41) is 4.14. The minimum absolute atomic E-state index is 0.0283. The van der Waals surface area contributed by atoms with Crippen molar-refractivity contribution in [3.8, 4) is 5.75 Å². The summed E-state index contributed by atoms with van der Waals surface area (Å²) < 4.78 is 5.27. The number of methoxy groups -OCH3 is 1. The number of aromatic amines is 1. The van der Waals surface area contributed by atoms with E-state index in [0.29, 0.717) is 37.2 Å². The molecule has 7 nitrogen and oxygen atoms in total. The van der Waals surface area contributed by atoms with Crippen LogP contribution in [0.2, 0.25) is 0 Å². The summed E-state index contributed by atoms with van der Waals surface area (Å²) in [6.45, 7) is 6.81. The second-order valence-electron chi connectivity index (χ2n) is 10.0. The van der Waals surface area contributed by atoms with E-state index in [1.165, 1.54) is 38.8 Å². The molecule has 7 heteroatoms. The first-order chi connectivity index (χ1) is 16.5. The Bertz CT molecular complexity index is 956. The lowest BCUT2D eigenvalue weighted by Gasteiger charge is -2.31. The highest BCUT2D eigenvalue weighted by Gasteiger charge is 2.26. The highest BCUT2D eigenvalue weighted by atomic mass is 16.5. The van der Waals surface area contributed by atoms with Crippen molar-refractivity contribution >= 4 is 22.7 Å². The van der Waals surface area contributed by atoms with Gasteiger partial charge in [-0.2, -0.15) is 0 Å². The topological polar surface area (TPSA) is 77.7 Å². The molecule has 2 aromatic rings. The third-order valence-corrected chi connectivity index (χ3v) is 7.58. The quantitative estimate of drug-likeness (QED) is 0.609. The van der Waals surface area contributed by atoms with Gasteiger partial charge in [-0.05, 0) is 76.2 Å². The molecule has 2 amide bonds. The molecule has 2 aliphatic heterocycles. The number of aromatic nitrogens is 1. The van der Waals surface area contributed by atoms with Crippen LogP contribution in [-0.2, 0) is 4.79 Å². The second kappa shape index (κ2) is 11.7. The Kier molecular flexibility index (Phi) is 8.48. The first-order valence-corrected chi connectivity index (χ1v) is 13.0. The van der Waals surface area contributed by atoms with Gasteiger partial charge in [0, 0.05) is 49.1 Å². The molecule has 0 aliphatic carbocycles. The van der Waals surface area contributed by atoms with Gasteiger partial charge in [0.2, 0.25) is 5.91 Å². The smallest absolute Gasteiger partial charge is 0.270 e. The van der Waals surface area contributed by atoms with Crippen LogP contribution < -0.4 is 10.1 Å². The van der Waals surface area contributed by atoms with Crippen molar-refractivity contribution in [1.29, 1.82) is 0 Å². The summed E-state index contributed by atoms with van der Waals surface area (Å²) in [5.41, 5.74) is 1.51. The van der Waals surface area contributed by atoms with Crippen LogP contribution in [0.25, 0.3) is 10.9 Å². The number of fused-ring (bicyclic) bond motifs is 1. The minimum atomic E-state index is 0.0283. The van der Waals surface area contributed by atoms with Crippen LogP contribution in [0.15, 0.2) is 24.3 Å². The lowest BCUT2D eigenvalue weighted by molar-refractivity contribution is -0.122. The van der Waals surface area contributed by atoms with E-state index in [2.05, 4.69) is 22.1 Å². The van der Waals surface area contributed by atoms with Crippen molar-refractivity contribution in [3.63, 3.8) is 0 Å². The average molecular weight is 469 g/mol. The Hall–Kier alpha value is -2.54. The van der Waals surface area contributed by atoms with Crippen LogP contribution >= 0.6 is 0 Å². The number of ether oxygens (including phenoxy) is 1. The van der Waals surface area contributed by atoms with Crippen molar-refractivity contribution in [2.75, 3.05) is 39.8 Å². The number of piperidine rings is 1. The SMILES string of the molecule is COc1ccc2cc(C(=O)N3CCC(CC(=O)NCCC(C)N4CCCCCC4)CC3)[nH]c2c1. The molecule has 1 unspecified atom stereocenters. The van der Waals surface area contributed by atoms with Gasteiger partial charge in [-0.1, -0.05) is 12.8 Å². The van der Waals surface area contributed by atoms with Crippen molar-refractivity contribution in [1.82, 2.24) is 20.1 Å². The zero-order chi connectivity index (χ0) is 23.9. The number of nitrogens with one attached hydrogen (secondary N) is 2. The van der Waals surface area contributed by atoms with Gasteiger partial charge in [0.25, 0.3) is 5.91 Å². The summed E-state index contributed by atoms with van der Waals surface area (Å²) in [6, 6.07) is 8.20. The summed E-state index contributed by atoms with van der Waals surface area (Å²) in [7, 11) is 1.64. The van der Waals surface area contributed by atoms with Crippen molar-refractivity contribution < 1.29 is 14.3 Å². The molecule has 4 rings (SSSR count). The molecule has 1 atom stereocenters. The third kappa shape index (κ3) is 6.32. The highest BCUT2D eigenvalue weighted by molar-refractivity contribution is 5.98. The number of hydrogen-bond acceptors (Lipinski definition) is 4. The molecular formula is C27H40N4O3. The van der Waals surface area contributed by atoms with E-state index in [4.69, 9.17) is 4.74 Å². The molecular weight excluding hydrogens is 428 g/mol. The molecule has 186 valence electrons. The van der Waals surface area contributed by atoms with E-state index in [1.807, 2.05) is 29.2 Å². The number of carbonyl (C=O) groups is 2. The van der Waals surface area contributed by atoms with Gasteiger partial charge in [0.15, 0.2) is 0 Å². The van der Waals surface area contributed by atoms with E-state index in [1.54, 1.807) is 7.11 Å². The number of likely N-dealkylation sites (tertiary alicyclic amines) is 2. The van der Waals surface area contributed by atoms with Crippen LogP contribution in [0.1, 0.15) is 68.8 Å². The van der Waals surface area contributed by atoms with Crippen LogP contribution in [0.4, 0.5) is 0 Å². The molecule has 0 saturated carbocycles. The number of nitrogens with zero attached hydrogens (tertiary/aromatic N) is 2. The molecule has 1 aromatic carbocycles. The van der Waals surface area contributed by atoms with Gasteiger partial charge >= 0.3 is 0 Å². The van der Waals surface area contributed by atoms with Crippen molar-refractivity contribution in [3.05, 3.63) is 30.0 Å². The van der Waals surface area contributed by atoms with Gasteiger partial charge in [-0.25, -0.2) is 0 Å². The van der Waals surface area contributed by atoms with E-state index in [-0.39, 0.29) is 11.8 Å². The van der Waals surface area contributed by atoms with E-state index in [0.717, 1.165) is 42.5 Å². The van der Waals surface area contributed by atoms with Crippen molar-refractivity contribution in [2.24, 2.45) is 5.92 Å². The van der Waals surface area contributed by atoms with E-state index in [9.17, 15) is 9.59 Å². The van der Waals surface area contributed by atoms with Gasteiger partial charge in [0.05, 0.1) is 7.11 Å². The second-order valence-corrected chi connectivity index (χ2v) is 10.0. The molecule has 2 aliphatic rings. The molecule has 2 N–H and O–H groups in total. The first kappa shape index (κ1) is 24.6. The van der Waals surface area contributed by atoms with Crippen LogP contribution in [0, 0.1) is 5.92 Å². The van der Waals surface area contributed by atoms with Crippen molar-refractivity contribution in [2.45, 2.75) is 64.3 Å². The Labute approximate surface area is 203 Å². The van der Waals surface area contributed by atoms with Crippen LogP contribution in [0.3, 0.4) is 0 Å². The molecule has 3 heterocycles. The minimum Gasteiger partial charge on any atom is -0.497 e. The standard InChI is InChI=1S/C27H40N4O3/c1-20(30-13-5-3-4-6-14-30)9-12-28-26(32)17-21-10-15-31(16-11-21)27(33)25-18-22-7-8-23(34-2)19-24(22)29-25/h7-8,18-21,29H,3-6,9-17H2,1-2H3,(H,28,32). The number of amides is 2. The normalized spacial score (nSPS) is 19.1. The first-order valence-electron chi connectivity index (χ1n) is 13.0. The predicted octanol–water partition coefficient (Wildman–Crippen LogP) is 4.19. The molecule has 0 spiro atoms. The molecule has 34 heavy (non-hydrogen) atoms. The molecule has 1 aromatic heterocycles. The third-order valence-electron chi connectivity index (χ3n) is 7.58. The van der Waals surface area contributed by atoms with Gasteiger partial charge in [-0.3, -0.25) is 9.59 Å². The number of hydrogen-bond donors (Lipinski definition) is 2. The van der Waals surface area contributed by atoms with Crippen LogP contribution in [-0.4, -0.2) is 72.5 Å². The number of benzene rings is 1. The van der Waals surface area contributed by atoms with Gasteiger partial charge in [-0.15, -0.1) is 0 Å². The number of carbonyl (C=O) groups excluding carboxylic acids is 2. The zero-order valence-corrected chi connectivity index (χ0v) is 20.8. The summed E-state index contributed by atoms with van der Waals surface area (Å²) in [5.74, 6) is 1.29. The molecule has 2 saturated heterocycles. The Morgan fingerprint density at radius 1 is 1.09 bits per heavy atom. The maximum Gasteiger partial charge on any atom is 0.270 e. The lowest BCUT2D eigenvalue weighted by Crippen LogP contribution is -2.40. The fraction of sp³-hybridized carbons (Fsp3) is 0.630. The summed E-state index contributed by atoms with van der Waals surface area (Å²) in [4.78, 5) is 33.2. The maximum atomic E-state index is 13.0. The highest BCUT2D eigenvalue weighted by Crippen LogP contribution is 2.25. The average Bonchev–Trinajstić information content (AvgIpc) is 3.08. The van der Waals surface area contributed by atoms with Gasteiger partial charge < -0.3 is 24.8 Å². The van der Waals surface area contributed by atoms with Gasteiger partial charge in [0.1, 0.15) is 11.4 Å². The lowest BCUT2D eigenvalue weighted by atomic mass is 9.93. The summed E-state index contributed by atoms with van der Waals surface area (Å²) >= 11 is 0. The Balaban J connectivity index is 1.18. The summed E-state index contributed by atoms with van der Waals surface area (Å²) in [6.07, 6.45) is 8.61. The maximum absolute atomic E-state index is 13.0. The molecule has 2 fully saturated rings. The molecule has 0 radical (unpaired) electrons. The Morgan fingerprint density at radius 3 is 2.53 bits per heavy atom. The largest absolute Gasteiger partial charge is 0.497 e. The predicted molar refractivity (Wildman–Crippen MR) is 135 cm³/mol. The molecule has 0 bridgehead atoms.